The number of nitrogens with zero attached hydrogens (tertiary/aromatic N) is 1. The Balaban J connectivity index is 2.26. The van der Waals surface area contributed by atoms with E-state index < -0.39 is 0 Å². The van der Waals surface area contributed by atoms with Crippen molar-refractivity contribution in [3.05, 3.63) is 0 Å². The number of rotatable bonds is 1. The molecule has 0 amide bonds. The van der Waals surface area contributed by atoms with Crippen LogP contribution >= 0.6 is 0 Å². The second-order valence-corrected chi connectivity index (χ2v) is 2.88. The van der Waals surface area contributed by atoms with Crippen LogP contribution in [0.2, 0.25) is 0 Å². The van der Waals surface area contributed by atoms with E-state index >= 15 is 0 Å². The van der Waals surface area contributed by atoms with Gasteiger partial charge < -0.3 is 0 Å². The molecular formula is C5H9NTa. The van der Waals surface area contributed by atoms with E-state index in [9.17, 15) is 0 Å². The molecule has 0 aromatic rings. The van der Waals surface area contributed by atoms with Crippen molar-refractivity contribution >= 4 is 0 Å². The molecule has 1 rings (SSSR count). The van der Waals surface area contributed by atoms with E-state index in [2.05, 4.69) is 3.34 Å². The SMILES string of the molecule is [Ta]=[N]C1CCCC1. The molecule has 0 bridgehead atoms. The predicted octanol–water partition coefficient (Wildman–Crippen LogP) is 1.66. The van der Waals surface area contributed by atoms with Gasteiger partial charge in [0.05, 0.1) is 0 Å². The van der Waals surface area contributed by atoms with Gasteiger partial charge in [-0.1, -0.05) is 0 Å². The van der Waals surface area contributed by atoms with Gasteiger partial charge in [-0.05, 0) is 0 Å². The van der Waals surface area contributed by atoms with Gasteiger partial charge in [0.25, 0.3) is 0 Å². The first-order valence-electron chi connectivity index (χ1n) is 2.77. The van der Waals surface area contributed by atoms with Gasteiger partial charge >= 0.3 is 56.0 Å². The number of hydrogen-bond donors (Lipinski definition) is 0. The van der Waals surface area contributed by atoms with Crippen molar-refractivity contribution < 1.29 is 20.9 Å². The van der Waals surface area contributed by atoms with Crippen LogP contribution in [0.3, 0.4) is 0 Å². The summed E-state index contributed by atoms with van der Waals surface area (Å²) in [6.07, 6.45) is 5.59. The summed E-state index contributed by atoms with van der Waals surface area (Å²) in [7, 11) is 0. The Bertz CT molecular complexity index is 66.5. The third-order valence-corrected chi connectivity index (χ3v) is 2.66. The van der Waals surface area contributed by atoms with Crippen LogP contribution < -0.4 is 0 Å². The van der Waals surface area contributed by atoms with Gasteiger partial charge in [-0.15, -0.1) is 0 Å². The summed E-state index contributed by atoms with van der Waals surface area (Å²) in [5.41, 5.74) is 0. The number of hydrogen-bond acceptors (Lipinski definition) is 1. The predicted molar refractivity (Wildman–Crippen MR) is 24.7 cm³/mol. The van der Waals surface area contributed by atoms with Crippen molar-refractivity contribution in [2.24, 2.45) is 3.34 Å². The molecule has 1 aliphatic carbocycles. The van der Waals surface area contributed by atoms with Crippen LogP contribution in [-0.2, 0) is 20.9 Å². The van der Waals surface area contributed by atoms with E-state index in [0.717, 1.165) is 6.04 Å². The van der Waals surface area contributed by atoms with Gasteiger partial charge in [0.15, 0.2) is 0 Å². The quantitative estimate of drug-likeness (QED) is 0.683. The van der Waals surface area contributed by atoms with Crippen LogP contribution in [0.15, 0.2) is 3.34 Å². The fraction of sp³-hybridized carbons (Fsp3) is 1.00. The zero-order valence-electron chi connectivity index (χ0n) is 4.30. The molecular weight excluding hydrogens is 255 g/mol. The first-order chi connectivity index (χ1) is 3.43. The second kappa shape index (κ2) is 2.75. The molecule has 0 heterocycles. The summed E-state index contributed by atoms with van der Waals surface area (Å²) in [4.78, 5) is 0. The average Bonchev–Trinajstić information content (AvgIpc) is 2.14. The van der Waals surface area contributed by atoms with Crippen LogP contribution in [-0.4, -0.2) is 6.04 Å². The maximum absolute atomic E-state index is 4.30. The van der Waals surface area contributed by atoms with Crippen molar-refractivity contribution in [2.45, 2.75) is 31.7 Å². The molecule has 0 aromatic carbocycles. The van der Waals surface area contributed by atoms with E-state index in [1.165, 1.54) is 46.6 Å². The van der Waals surface area contributed by atoms with Crippen molar-refractivity contribution in [1.29, 1.82) is 0 Å². The molecule has 1 saturated carbocycles. The van der Waals surface area contributed by atoms with E-state index in [4.69, 9.17) is 0 Å². The molecule has 0 spiro atoms. The summed E-state index contributed by atoms with van der Waals surface area (Å²) in [5.74, 6) is 0. The first-order valence-corrected chi connectivity index (χ1v) is 4.21. The van der Waals surface area contributed by atoms with Crippen LogP contribution in [0, 0.1) is 0 Å². The van der Waals surface area contributed by atoms with Gasteiger partial charge in [-0.25, -0.2) is 0 Å². The van der Waals surface area contributed by atoms with Crippen molar-refractivity contribution in [3.8, 4) is 0 Å². The van der Waals surface area contributed by atoms with Crippen LogP contribution in [0.4, 0.5) is 0 Å². The van der Waals surface area contributed by atoms with Crippen molar-refractivity contribution in [2.75, 3.05) is 0 Å². The van der Waals surface area contributed by atoms with E-state index in [-0.39, 0.29) is 0 Å². The Hall–Kier alpha value is 0.540. The minimum atomic E-state index is 0.772. The molecule has 0 N–H and O–H groups in total. The Morgan fingerprint density at radius 1 is 1.29 bits per heavy atom. The molecule has 1 aliphatic rings. The zero-order chi connectivity index (χ0) is 5.11. The Morgan fingerprint density at radius 2 is 1.86 bits per heavy atom. The molecule has 2 heteroatoms. The van der Waals surface area contributed by atoms with Gasteiger partial charge in [0.1, 0.15) is 0 Å². The molecule has 1 nitrogen and oxygen atoms in total. The van der Waals surface area contributed by atoms with Gasteiger partial charge in [0.2, 0.25) is 0 Å². The van der Waals surface area contributed by atoms with Gasteiger partial charge in [-0.3, -0.25) is 0 Å². The fourth-order valence-corrected chi connectivity index (χ4v) is 1.85. The summed E-state index contributed by atoms with van der Waals surface area (Å²) in [6.45, 7) is 0. The molecule has 39 valence electrons. The third-order valence-electron chi connectivity index (χ3n) is 1.49. The molecule has 1 fully saturated rings. The molecule has 0 radical (unpaired) electrons. The second-order valence-electron chi connectivity index (χ2n) is 2.05. The topological polar surface area (TPSA) is 12.4 Å². The Kier molecular flexibility index (Phi) is 2.23. The van der Waals surface area contributed by atoms with Crippen LogP contribution in [0.25, 0.3) is 0 Å². The summed E-state index contributed by atoms with van der Waals surface area (Å²) in [6, 6.07) is 0.772. The van der Waals surface area contributed by atoms with E-state index in [1.54, 1.807) is 0 Å². The molecule has 0 aromatic heterocycles. The third kappa shape index (κ3) is 1.48. The normalized spacial score (nSPS) is 22.7. The van der Waals surface area contributed by atoms with Crippen LogP contribution in [0.1, 0.15) is 25.7 Å². The molecule has 0 atom stereocenters. The minimum absolute atomic E-state index is 0.772. The molecule has 0 saturated heterocycles. The summed E-state index contributed by atoms with van der Waals surface area (Å²) in [5, 5.41) is 0. The Labute approximate surface area is 56.3 Å². The monoisotopic (exact) mass is 264 g/mol. The van der Waals surface area contributed by atoms with Crippen molar-refractivity contribution in [3.63, 3.8) is 0 Å². The summed E-state index contributed by atoms with van der Waals surface area (Å²) >= 11 is 1.23. The van der Waals surface area contributed by atoms with E-state index in [0.29, 0.717) is 0 Å². The fourth-order valence-electron chi connectivity index (χ4n) is 1.02. The molecule has 0 unspecified atom stereocenters. The maximum atomic E-state index is 4.30. The average molecular weight is 264 g/mol. The van der Waals surface area contributed by atoms with Crippen molar-refractivity contribution in [1.82, 2.24) is 0 Å². The van der Waals surface area contributed by atoms with Gasteiger partial charge in [-0.2, -0.15) is 0 Å². The zero-order valence-corrected chi connectivity index (χ0v) is 7.51. The summed E-state index contributed by atoms with van der Waals surface area (Å²) < 4.78 is 4.30. The van der Waals surface area contributed by atoms with Crippen LogP contribution in [0.5, 0.6) is 0 Å². The Morgan fingerprint density at radius 3 is 2.14 bits per heavy atom. The molecule has 7 heavy (non-hydrogen) atoms. The van der Waals surface area contributed by atoms with E-state index in [1.807, 2.05) is 0 Å². The first kappa shape index (κ1) is 5.67. The molecule has 0 aliphatic heterocycles. The van der Waals surface area contributed by atoms with Gasteiger partial charge in [0, 0.05) is 0 Å². The standard InChI is InChI=1S/C5H9N.Ta/c6-5-3-1-2-4-5;/h5H,1-4H2;.